The minimum absolute atomic E-state index is 0.0470. The Kier molecular flexibility index (Phi) is 8.45. The Hall–Kier alpha value is -4.10. The molecule has 0 aliphatic carbocycles. The monoisotopic (exact) mass is 571 g/mol. The number of piperazine rings is 1. The van der Waals surface area contributed by atoms with Gasteiger partial charge in [-0.25, -0.2) is 9.78 Å². The van der Waals surface area contributed by atoms with Crippen LogP contribution in [0.15, 0.2) is 48.8 Å². The molecule has 1 fully saturated rings. The van der Waals surface area contributed by atoms with Crippen molar-refractivity contribution in [3.63, 3.8) is 0 Å². The lowest BCUT2D eigenvalue weighted by molar-refractivity contribution is -0.138. The molecule has 3 aromatic rings. The number of rotatable bonds is 7. The number of anilines is 3. The smallest absolute Gasteiger partial charge is 0.416 e. The van der Waals surface area contributed by atoms with Crippen molar-refractivity contribution < 1.29 is 27.4 Å². The van der Waals surface area contributed by atoms with Crippen LogP contribution in [0.2, 0.25) is 0 Å². The summed E-state index contributed by atoms with van der Waals surface area (Å²) in [4.78, 5) is 25.2. The fourth-order valence-corrected chi connectivity index (χ4v) is 4.72. The SMILES string of the molecule is CCN1CCN(Cc2ccc(NC(=O)Nc3ccc(Oc4ncnc5c4OC[C@@H](C)N5)cc3)cc2C(F)(F)F)CC1. The Morgan fingerprint density at radius 3 is 2.44 bits per heavy atom. The van der Waals surface area contributed by atoms with Gasteiger partial charge in [0, 0.05) is 44.1 Å². The Bertz CT molecular complexity index is 1360. The molecule has 1 aromatic heterocycles. The quantitative estimate of drug-likeness (QED) is 0.353. The van der Waals surface area contributed by atoms with Gasteiger partial charge >= 0.3 is 12.2 Å². The standard InChI is InChI=1S/C28H32F3N7O3/c1-3-37-10-12-38(13-11-37)15-19-4-5-21(14-23(19)28(29,30)31)36-27(39)35-20-6-8-22(9-7-20)41-26-24-25(32-17-33-26)34-18(2)16-40-24/h4-9,14,17-18H,3,10-13,15-16H2,1-2H3,(H,32,33,34)(H2,35,36,39)/t18-/m1/s1. The number of nitrogens with zero attached hydrogens (tertiary/aromatic N) is 4. The highest BCUT2D eigenvalue weighted by atomic mass is 19.4. The Balaban J connectivity index is 1.20. The highest BCUT2D eigenvalue weighted by Gasteiger charge is 2.34. The lowest BCUT2D eigenvalue weighted by Crippen LogP contribution is -2.45. The maximum atomic E-state index is 13.9. The number of alkyl halides is 3. The predicted molar refractivity (Wildman–Crippen MR) is 149 cm³/mol. The van der Waals surface area contributed by atoms with Gasteiger partial charge in [-0.3, -0.25) is 4.90 Å². The van der Waals surface area contributed by atoms with Crippen LogP contribution < -0.4 is 25.4 Å². The van der Waals surface area contributed by atoms with Crippen LogP contribution in [0.3, 0.4) is 0 Å². The zero-order chi connectivity index (χ0) is 29.0. The average molecular weight is 572 g/mol. The second-order valence-corrected chi connectivity index (χ2v) is 10.00. The third-order valence-corrected chi connectivity index (χ3v) is 6.94. The summed E-state index contributed by atoms with van der Waals surface area (Å²) in [5, 5.41) is 8.32. The van der Waals surface area contributed by atoms with E-state index in [0.29, 0.717) is 42.7 Å². The van der Waals surface area contributed by atoms with E-state index in [4.69, 9.17) is 9.47 Å². The maximum Gasteiger partial charge on any atom is 0.416 e. The summed E-state index contributed by atoms with van der Waals surface area (Å²) < 4.78 is 53.2. The van der Waals surface area contributed by atoms with Crippen LogP contribution in [0.25, 0.3) is 0 Å². The molecule has 218 valence electrons. The first-order chi connectivity index (χ1) is 19.7. The summed E-state index contributed by atoms with van der Waals surface area (Å²) >= 11 is 0. The molecule has 0 saturated carbocycles. The van der Waals surface area contributed by atoms with Crippen LogP contribution in [0.4, 0.5) is 35.2 Å². The van der Waals surface area contributed by atoms with E-state index in [0.717, 1.165) is 25.7 Å². The zero-order valence-corrected chi connectivity index (χ0v) is 22.8. The normalized spacial score (nSPS) is 17.6. The zero-order valence-electron chi connectivity index (χ0n) is 22.8. The number of hydrogen-bond acceptors (Lipinski definition) is 8. The van der Waals surface area contributed by atoms with Gasteiger partial charge in [0.2, 0.25) is 5.75 Å². The van der Waals surface area contributed by atoms with Crippen molar-refractivity contribution in [1.29, 1.82) is 0 Å². The molecule has 13 heteroatoms. The number of likely N-dealkylation sites (N-methyl/N-ethyl adjacent to an activating group) is 1. The van der Waals surface area contributed by atoms with Crippen molar-refractivity contribution >= 4 is 23.2 Å². The fourth-order valence-electron chi connectivity index (χ4n) is 4.72. The van der Waals surface area contributed by atoms with Gasteiger partial charge in [0.05, 0.1) is 11.6 Å². The lowest BCUT2D eigenvalue weighted by Gasteiger charge is -2.34. The van der Waals surface area contributed by atoms with Gasteiger partial charge in [-0.1, -0.05) is 13.0 Å². The van der Waals surface area contributed by atoms with Gasteiger partial charge in [-0.05, 0) is 55.4 Å². The summed E-state index contributed by atoms with van der Waals surface area (Å²) in [5.41, 5.74) is -0.101. The molecule has 0 bridgehead atoms. The fraction of sp³-hybridized carbons (Fsp3) is 0.393. The molecule has 3 heterocycles. The van der Waals surface area contributed by atoms with E-state index in [1.807, 2.05) is 11.8 Å². The molecule has 10 nitrogen and oxygen atoms in total. The van der Waals surface area contributed by atoms with Crippen molar-refractivity contribution in [3.05, 3.63) is 59.9 Å². The molecule has 41 heavy (non-hydrogen) atoms. The van der Waals surface area contributed by atoms with Gasteiger partial charge in [-0.2, -0.15) is 18.2 Å². The molecule has 3 N–H and O–H groups in total. The molecule has 2 aliphatic heterocycles. The topological polar surface area (TPSA) is 104 Å². The first-order valence-corrected chi connectivity index (χ1v) is 13.4. The molecular weight excluding hydrogens is 539 g/mol. The molecule has 0 spiro atoms. The molecular formula is C28H32F3N7O3. The molecule has 2 amide bonds. The summed E-state index contributed by atoms with van der Waals surface area (Å²) in [6, 6.07) is 9.79. The number of hydrogen-bond donors (Lipinski definition) is 3. The van der Waals surface area contributed by atoms with E-state index in [1.165, 1.54) is 18.5 Å². The summed E-state index contributed by atoms with van der Waals surface area (Å²) in [6.45, 7) is 8.70. The van der Waals surface area contributed by atoms with Crippen molar-refractivity contribution in [2.24, 2.45) is 0 Å². The maximum absolute atomic E-state index is 13.9. The van der Waals surface area contributed by atoms with E-state index < -0.39 is 17.8 Å². The number of urea groups is 1. The van der Waals surface area contributed by atoms with E-state index in [9.17, 15) is 18.0 Å². The second-order valence-electron chi connectivity index (χ2n) is 10.00. The number of halogens is 3. The summed E-state index contributed by atoms with van der Waals surface area (Å²) in [5.74, 6) is 1.65. The Morgan fingerprint density at radius 2 is 1.73 bits per heavy atom. The Labute approximate surface area is 235 Å². The second kappa shape index (κ2) is 12.2. The highest BCUT2D eigenvalue weighted by molar-refractivity contribution is 5.99. The van der Waals surface area contributed by atoms with Crippen LogP contribution >= 0.6 is 0 Å². The van der Waals surface area contributed by atoms with Crippen molar-refractivity contribution in [2.45, 2.75) is 32.6 Å². The lowest BCUT2D eigenvalue weighted by atomic mass is 10.0. The number of ether oxygens (including phenoxy) is 2. The van der Waals surface area contributed by atoms with Crippen LogP contribution in [-0.4, -0.2) is 71.2 Å². The molecule has 0 radical (unpaired) electrons. The average Bonchev–Trinajstić information content (AvgIpc) is 2.94. The number of carbonyl (C=O) groups is 1. The van der Waals surface area contributed by atoms with Crippen LogP contribution in [0, 0.1) is 0 Å². The third-order valence-electron chi connectivity index (χ3n) is 6.94. The van der Waals surface area contributed by atoms with Gasteiger partial charge in [0.1, 0.15) is 18.7 Å². The molecule has 0 unspecified atom stereocenters. The highest BCUT2D eigenvalue weighted by Crippen LogP contribution is 2.37. The summed E-state index contributed by atoms with van der Waals surface area (Å²) in [7, 11) is 0. The van der Waals surface area contributed by atoms with Gasteiger partial charge < -0.3 is 30.3 Å². The van der Waals surface area contributed by atoms with E-state index in [2.05, 4.69) is 37.7 Å². The van der Waals surface area contributed by atoms with Gasteiger partial charge in [0.15, 0.2) is 5.82 Å². The minimum atomic E-state index is -4.55. The molecule has 5 rings (SSSR count). The number of amides is 2. The number of benzene rings is 2. The molecule has 1 saturated heterocycles. The van der Waals surface area contributed by atoms with Crippen LogP contribution in [0.1, 0.15) is 25.0 Å². The Morgan fingerprint density at radius 1 is 1.05 bits per heavy atom. The predicted octanol–water partition coefficient (Wildman–Crippen LogP) is 5.26. The molecule has 2 aliphatic rings. The first kappa shape index (κ1) is 28.4. The molecule has 2 aromatic carbocycles. The van der Waals surface area contributed by atoms with Crippen LogP contribution in [-0.2, 0) is 12.7 Å². The van der Waals surface area contributed by atoms with E-state index >= 15 is 0 Å². The van der Waals surface area contributed by atoms with Crippen molar-refractivity contribution in [1.82, 2.24) is 19.8 Å². The minimum Gasteiger partial charge on any atom is -0.483 e. The number of carbonyl (C=O) groups excluding carboxylic acids is 1. The van der Waals surface area contributed by atoms with Crippen LogP contribution in [0.5, 0.6) is 17.4 Å². The molecule has 1 atom stereocenters. The van der Waals surface area contributed by atoms with Gasteiger partial charge in [-0.15, -0.1) is 0 Å². The van der Waals surface area contributed by atoms with E-state index in [1.54, 1.807) is 24.3 Å². The third kappa shape index (κ3) is 7.16. The number of nitrogens with one attached hydrogen (secondary N) is 3. The summed E-state index contributed by atoms with van der Waals surface area (Å²) in [6.07, 6.45) is -3.18. The largest absolute Gasteiger partial charge is 0.483 e. The number of fused-ring (bicyclic) bond motifs is 1. The number of aromatic nitrogens is 2. The van der Waals surface area contributed by atoms with Crippen molar-refractivity contribution in [2.75, 3.05) is 55.3 Å². The van der Waals surface area contributed by atoms with Gasteiger partial charge in [0.25, 0.3) is 5.88 Å². The van der Waals surface area contributed by atoms with E-state index in [-0.39, 0.29) is 29.7 Å². The first-order valence-electron chi connectivity index (χ1n) is 13.4. The van der Waals surface area contributed by atoms with Crippen molar-refractivity contribution in [3.8, 4) is 17.4 Å².